The highest BCUT2D eigenvalue weighted by atomic mass is 15.1. The molecule has 62 valence electrons. The minimum absolute atomic E-state index is 0.976. The molecule has 0 saturated heterocycles. The number of hydrogen-bond acceptors (Lipinski definition) is 1. The minimum atomic E-state index is 0.976. The van der Waals surface area contributed by atoms with Gasteiger partial charge < -0.3 is 0 Å². The number of fused-ring (bicyclic) bond motifs is 1. The minimum Gasteiger partial charge on any atom is -0.290 e. The molecule has 2 rings (SSSR count). The van der Waals surface area contributed by atoms with Crippen LogP contribution in [-0.4, -0.2) is 11.4 Å². The van der Waals surface area contributed by atoms with Gasteiger partial charge in [0.2, 0.25) is 0 Å². The van der Waals surface area contributed by atoms with Crippen molar-refractivity contribution in [2.75, 3.05) is 6.54 Å². The Morgan fingerprint density at radius 3 is 2.83 bits per heavy atom. The van der Waals surface area contributed by atoms with Gasteiger partial charge in [-0.1, -0.05) is 31.2 Å². The fourth-order valence-corrected chi connectivity index (χ4v) is 1.57. The molecule has 12 heavy (non-hydrogen) atoms. The van der Waals surface area contributed by atoms with Crippen molar-refractivity contribution >= 4 is 0 Å². The van der Waals surface area contributed by atoms with Crippen LogP contribution in [0.3, 0.4) is 0 Å². The molecule has 0 spiro atoms. The van der Waals surface area contributed by atoms with E-state index in [-0.39, 0.29) is 0 Å². The van der Waals surface area contributed by atoms with Crippen molar-refractivity contribution < 1.29 is 0 Å². The summed E-state index contributed by atoms with van der Waals surface area (Å²) in [5.41, 5.74) is 2.89. The summed E-state index contributed by atoms with van der Waals surface area (Å²) < 4.78 is 0. The van der Waals surface area contributed by atoms with E-state index in [1.165, 1.54) is 11.1 Å². The lowest BCUT2D eigenvalue weighted by atomic mass is 10.0. The highest BCUT2D eigenvalue weighted by molar-refractivity contribution is 5.30. The molecule has 1 aliphatic rings. The van der Waals surface area contributed by atoms with Gasteiger partial charge in [0.15, 0.2) is 0 Å². The van der Waals surface area contributed by atoms with E-state index in [1.807, 2.05) is 0 Å². The highest BCUT2D eigenvalue weighted by Crippen LogP contribution is 2.19. The quantitative estimate of drug-likeness (QED) is 0.606. The van der Waals surface area contributed by atoms with E-state index in [1.54, 1.807) is 0 Å². The van der Waals surface area contributed by atoms with Crippen LogP contribution >= 0.6 is 0 Å². The van der Waals surface area contributed by atoms with E-state index in [4.69, 9.17) is 0 Å². The Morgan fingerprint density at radius 2 is 2.08 bits per heavy atom. The summed E-state index contributed by atoms with van der Waals surface area (Å²) in [4.78, 5) is 2.24. The molecule has 1 heteroatoms. The zero-order valence-electron chi connectivity index (χ0n) is 7.38. The van der Waals surface area contributed by atoms with E-state index in [0.717, 1.165) is 19.5 Å². The SMILES string of the molecule is CCN1[C]Cc2ccccc2C1. The molecule has 1 aliphatic heterocycles. The molecule has 2 radical (unpaired) electrons. The summed E-state index contributed by atoms with van der Waals surface area (Å²) in [6, 6.07) is 8.61. The molecule has 0 N–H and O–H groups in total. The monoisotopic (exact) mass is 159 g/mol. The Kier molecular flexibility index (Phi) is 2.13. The third-order valence-electron chi connectivity index (χ3n) is 2.35. The van der Waals surface area contributed by atoms with Crippen LogP contribution in [0.4, 0.5) is 0 Å². The van der Waals surface area contributed by atoms with Crippen molar-refractivity contribution in [2.45, 2.75) is 19.9 Å². The standard InChI is InChI=1S/C11H13N/c1-2-12-8-7-10-5-3-4-6-11(10)9-12/h3-6H,2,7,9H2,1H3. The van der Waals surface area contributed by atoms with Gasteiger partial charge >= 0.3 is 0 Å². The van der Waals surface area contributed by atoms with Gasteiger partial charge in [0, 0.05) is 6.54 Å². The van der Waals surface area contributed by atoms with E-state index in [0.29, 0.717) is 0 Å². The molecule has 1 aromatic carbocycles. The molecular formula is C11H13N. The third kappa shape index (κ3) is 1.37. The smallest absolute Gasteiger partial charge is 0.0666 e. The predicted molar refractivity (Wildman–Crippen MR) is 49.5 cm³/mol. The van der Waals surface area contributed by atoms with Gasteiger partial charge in [0.25, 0.3) is 0 Å². The maximum absolute atomic E-state index is 3.36. The summed E-state index contributed by atoms with van der Waals surface area (Å²) in [5, 5.41) is 0. The first kappa shape index (κ1) is 7.81. The van der Waals surface area contributed by atoms with Crippen molar-refractivity contribution in [3.05, 3.63) is 41.9 Å². The molecule has 0 atom stereocenters. The molecule has 0 amide bonds. The van der Waals surface area contributed by atoms with E-state index in [9.17, 15) is 0 Å². The molecule has 0 unspecified atom stereocenters. The average molecular weight is 159 g/mol. The van der Waals surface area contributed by atoms with Crippen LogP contribution in [0.2, 0.25) is 0 Å². The van der Waals surface area contributed by atoms with Crippen LogP contribution in [0, 0.1) is 6.54 Å². The second-order valence-electron chi connectivity index (χ2n) is 3.12. The Hall–Kier alpha value is -0.820. The number of benzene rings is 1. The summed E-state index contributed by atoms with van der Waals surface area (Å²) in [5.74, 6) is 0. The van der Waals surface area contributed by atoms with Crippen molar-refractivity contribution in [1.82, 2.24) is 4.90 Å². The van der Waals surface area contributed by atoms with Gasteiger partial charge in [-0.25, -0.2) is 0 Å². The number of nitrogens with zero attached hydrogens (tertiary/aromatic N) is 1. The second-order valence-corrected chi connectivity index (χ2v) is 3.12. The zero-order valence-corrected chi connectivity index (χ0v) is 7.38. The topological polar surface area (TPSA) is 3.24 Å². The first-order chi connectivity index (χ1) is 5.90. The van der Waals surface area contributed by atoms with E-state index >= 15 is 0 Å². The number of likely N-dealkylation sites (N-methyl/N-ethyl adjacent to an activating group) is 1. The summed E-state index contributed by atoms with van der Waals surface area (Å²) in [7, 11) is 0. The maximum atomic E-state index is 3.36. The summed E-state index contributed by atoms with van der Waals surface area (Å²) in [6.45, 7) is 7.62. The van der Waals surface area contributed by atoms with Crippen molar-refractivity contribution in [3.8, 4) is 0 Å². The van der Waals surface area contributed by atoms with E-state index in [2.05, 4.69) is 42.6 Å². The van der Waals surface area contributed by atoms with Gasteiger partial charge in [-0.05, 0) is 24.1 Å². The predicted octanol–water partition coefficient (Wildman–Crippen LogP) is 2.10. The van der Waals surface area contributed by atoms with E-state index < -0.39 is 0 Å². The van der Waals surface area contributed by atoms with Gasteiger partial charge in [-0.15, -0.1) is 0 Å². The van der Waals surface area contributed by atoms with Gasteiger partial charge in [0.1, 0.15) is 0 Å². The van der Waals surface area contributed by atoms with Crippen molar-refractivity contribution in [3.63, 3.8) is 0 Å². The lowest BCUT2D eigenvalue weighted by Crippen LogP contribution is -2.25. The molecule has 0 saturated carbocycles. The first-order valence-electron chi connectivity index (χ1n) is 4.45. The first-order valence-corrected chi connectivity index (χ1v) is 4.45. The molecule has 0 fully saturated rings. The maximum Gasteiger partial charge on any atom is 0.0666 e. The summed E-state index contributed by atoms with van der Waals surface area (Å²) in [6.07, 6.45) is 0.976. The lowest BCUT2D eigenvalue weighted by molar-refractivity contribution is 0.324. The Balaban J connectivity index is 2.23. The molecule has 0 aliphatic carbocycles. The summed E-state index contributed by atoms with van der Waals surface area (Å²) >= 11 is 0. The van der Waals surface area contributed by atoms with Crippen molar-refractivity contribution in [2.24, 2.45) is 0 Å². The zero-order chi connectivity index (χ0) is 8.39. The molecule has 1 nitrogen and oxygen atoms in total. The van der Waals surface area contributed by atoms with Crippen molar-refractivity contribution in [1.29, 1.82) is 0 Å². The lowest BCUT2D eigenvalue weighted by Gasteiger charge is -2.26. The van der Waals surface area contributed by atoms with Crippen LogP contribution < -0.4 is 0 Å². The van der Waals surface area contributed by atoms with Crippen LogP contribution in [0.1, 0.15) is 18.1 Å². The molecule has 0 bridgehead atoms. The van der Waals surface area contributed by atoms with Gasteiger partial charge in [-0.3, -0.25) is 4.90 Å². The van der Waals surface area contributed by atoms with Crippen LogP contribution in [0.15, 0.2) is 24.3 Å². The molecular weight excluding hydrogens is 146 g/mol. The van der Waals surface area contributed by atoms with Crippen LogP contribution in [-0.2, 0) is 13.0 Å². The van der Waals surface area contributed by atoms with Crippen LogP contribution in [0.5, 0.6) is 0 Å². The normalized spacial score (nSPS) is 17.4. The largest absolute Gasteiger partial charge is 0.290 e. The Morgan fingerprint density at radius 1 is 1.33 bits per heavy atom. The highest BCUT2D eigenvalue weighted by Gasteiger charge is 2.13. The fourth-order valence-electron chi connectivity index (χ4n) is 1.57. The average Bonchev–Trinajstić information content (AvgIpc) is 2.17. The Bertz CT molecular complexity index is 267. The molecule has 0 aromatic heterocycles. The fraction of sp³-hybridized carbons (Fsp3) is 0.364. The van der Waals surface area contributed by atoms with Crippen LogP contribution in [0.25, 0.3) is 0 Å². The molecule has 1 heterocycles. The molecule has 1 aromatic rings. The second kappa shape index (κ2) is 3.28. The number of rotatable bonds is 1. The van der Waals surface area contributed by atoms with Gasteiger partial charge in [0.05, 0.1) is 6.54 Å². The number of hydrogen-bond donors (Lipinski definition) is 0. The Labute approximate surface area is 74.0 Å². The third-order valence-corrected chi connectivity index (χ3v) is 2.35. The van der Waals surface area contributed by atoms with Gasteiger partial charge in [-0.2, -0.15) is 0 Å².